The first kappa shape index (κ1) is 19.4. The summed E-state index contributed by atoms with van der Waals surface area (Å²) in [5.74, 6) is 7.94. The number of amides is 1. The summed E-state index contributed by atoms with van der Waals surface area (Å²) < 4.78 is 16.2. The Balaban J connectivity index is 1.86. The van der Waals surface area contributed by atoms with Crippen molar-refractivity contribution in [3.8, 4) is 29.1 Å². The number of hydrogen-bond acceptors (Lipinski definition) is 4. The van der Waals surface area contributed by atoms with E-state index in [1.165, 1.54) is 7.11 Å². The van der Waals surface area contributed by atoms with Crippen LogP contribution in [0.1, 0.15) is 27.5 Å². The van der Waals surface area contributed by atoms with Gasteiger partial charge in [0.05, 0.1) is 26.9 Å². The number of nitrogens with zero attached hydrogens (tertiary/aromatic N) is 1. The Morgan fingerprint density at radius 1 is 0.833 bits per heavy atom. The van der Waals surface area contributed by atoms with Gasteiger partial charge >= 0.3 is 0 Å². The zero-order chi connectivity index (χ0) is 21.1. The second-order valence-electron chi connectivity index (χ2n) is 6.68. The molecule has 0 radical (unpaired) electrons. The van der Waals surface area contributed by atoms with Crippen molar-refractivity contribution < 1.29 is 19.0 Å². The van der Waals surface area contributed by atoms with Gasteiger partial charge in [0, 0.05) is 16.8 Å². The fraction of sp³-hybridized carbons (Fsp3) is 0.160. The molecule has 5 nitrogen and oxygen atoms in total. The van der Waals surface area contributed by atoms with E-state index < -0.39 is 6.04 Å². The van der Waals surface area contributed by atoms with Crippen molar-refractivity contribution in [2.45, 2.75) is 6.04 Å². The first-order valence-electron chi connectivity index (χ1n) is 9.47. The van der Waals surface area contributed by atoms with Crippen molar-refractivity contribution in [1.29, 1.82) is 0 Å². The summed E-state index contributed by atoms with van der Waals surface area (Å²) in [6, 6.07) is 20.3. The van der Waals surface area contributed by atoms with Gasteiger partial charge < -0.3 is 14.2 Å². The highest BCUT2D eigenvalue weighted by Gasteiger charge is 2.40. The molecule has 30 heavy (non-hydrogen) atoms. The summed E-state index contributed by atoms with van der Waals surface area (Å²) in [5.41, 5.74) is 2.87. The lowest BCUT2D eigenvalue weighted by Crippen LogP contribution is -2.27. The van der Waals surface area contributed by atoms with E-state index in [9.17, 15) is 4.79 Å². The number of ether oxygens (including phenoxy) is 3. The van der Waals surface area contributed by atoms with Crippen LogP contribution < -0.4 is 19.1 Å². The number of carbonyl (C=O) groups is 1. The zero-order valence-electron chi connectivity index (χ0n) is 17.0. The van der Waals surface area contributed by atoms with Gasteiger partial charge in [-0.05, 0) is 42.5 Å². The molecule has 1 aliphatic heterocycles. The largest absolute Gasteiger partial charge is 0.497 e. The first-order chi connectivity index (χ1) is 14.7. The van der Waals surface area contributed by atoms with Gasteiger partial charge in [-0.1, -0.05) is 36.1 Å². The van der Waals surface area contributed by atoms with Gasteiger partial charge in [-0.2, -0.15) is 0 Å². The average molecular weight is 399 g/mol. The molecule has 4 rings (SSSR count). The summed E-state index contributed by atoms with van der Waals surface area (Å²) in [4.78, 5) is 15.2. The first-order valence-corrected chi connectivity index (χ1v) is 9.47. The third-order valence-electron chi connectivity index (χ3n) is 5.04. The number of rotatable bonds is 4. The van der Waals surface area contributed by atoms with E-state index in [4.69, 9.17) is 14.2 Å². The molecule has 0 spiro atoms. The Hall–Kier alpha value is -3.91. The number of methoxy groups -OCH3 is 3. The Kier molecular flexibility index (Phi) is 5.32. The van der Waals surface area contributed by atoms with Crippen LogP contribution in [0.2, 0.25) is 0 Å². The van der Waals surface area contributed by atoms with Crippen LogP contribution in [0.25, 0.3) is 0 Å². The molecule has 3 aromatic carbocycles. The topological polar surface area (TPSA) is 48.0 Å². The van der Waals surface area contributed by atoms with Crippen molar-refractivity contribution in [1.82, 2.24) is 0 Å². The third-order valence-corrected chi connectivity index (χ3v) is 5.04. The minimum Gasteiger partial charge on any atom is -0.497 e. The number of benzene rings is 3. The number of hydrogen-bond donors (Lipinski definition) is 0. The number of carbonyl (C=O) groups excluding carboxylic acids is 1. The Labute approximate surface area is 175 Å². The van der Waals surface area contributed by atoms with Crippen LogP contribution in [0.3, 0.4) is 0 Å². The fourth-order valence-corrected chi connectivity index (χ4v) is 3.59. The summed E-state index contributed by atoms with van der Waals surface area (Å²) in [7, 11) is 4.70. The molecule has 1 aliphatic rings. The lowest BCUT2D eigenvalue weighted by atomic mass is 10.0. The van der Waals surface area contributed by atoms with E-state index in [1.807, 2.05) is 60.7 Å². The summed E-state index contributed by atoms with van der Waals surface area (Å²) in [6.07, 6.45) is 0. The fourth-order valence-electron chi connectivity index (χ4n) is 3.59. The van der Waals surface area contributed by atoms with E-state index in [1.54, 1.807) is 25.2 Å². The predicted octanol–water partition coefficient (Wildman–Crippen LogP) is 4.47. The normalized spacial score (nSPS) is 14.6. The predicted molar refractivity (Wildman–Crippen MR) is 115 cm³/mol. The molecule has 0 N–H and O–H groups in total. The summed E-state index contributed by atoms with van der Waals surface area (Å²) >= 11 is 0. The van der Waals surface area contributed by atoms with Gasteiger partial charge in [0.15, 0.2) is 11.5 Å². The van der Waals surface area contributed by atoms with E-state index in [-0.39, 0.29) is 5.91 Å². The highest BCUT2D eigenvalue weighted by atomic mass is 16.5. The van der Waals surface area contributed by atoms with Crippen molar-refractivity contribution in [3.05, 3.63) is 83.4 Å². The third kappa shape index (κ3) is 3.33. The molecule has 0 saturated heterocycles. The molecule has 1 amide bonds. The van der Waals surface area contributed by atoms with Gasteiger partial charge in [-0.3, -0.25) is 9.69 Å². The number of fused-ring (bicyclic) bond motifs is 1. The van der Waals surface area contributed by atoms with E-state index in [2.05, 4.69) is 11.8 Å². The second-order valence-corrected chi connectivity index (χ2v) is 6.68. The van der Waals surface area contributed by atoms with Crippen LogP contribution in [-0.4, -0.2) is 27.2 Å². The Bertz CT molecular complexity index is 1130. The molecule has 0 unspecified atom stereocenters. The van der Waals surface area contributed by atoms with Crippen molar-refractivity contribution in [2.75, 3.05) is 26.2 Å². The minimum absolute atomic E-state index is 0.182. The molecule has 0 aromatic heterocycles. The van der Waals surface area contributed by atoms with Crippen LogP contribution in [0.4, 0.5) is 5.69 Å². The van der Waals surface area contributed by atoms with Gasteiger partial charge in [-0.15, -0.1) is 0 Å². The number of anilines is 1. The van der Waals surface area contributed by atoms with Crippen LogP contribution >= 0.6 is 0 Å². The Morgan fingerprint density at radius 2 is 1.57 bits per heavy atom. The molecule has 0 fully saturated rings. The highest BCUT2D eigenvalue weighted by Crippen LogP contribution is 2.45. The van der Waals surface area contributed by atoms with Gasteiger partial charge in [0.1, 0.15) is 11.8 Å². The highest BCUT2D eigenvalue weighted by molar-refractivity contribution is 6.14. The van der Waals surface area contributed by atoms with Crippen LogP contribution in [0.15, 0.2) is 66.7 Å². The standard InChI is InChI=1S/C25H21NO4/c1-28-19-12-10-18(11-13-19)26-21(15-9-17-7-5-4-6-8-17)20-14-16-22(29-2)24(30-3)23(20)25(26)27/h4-8,10-14,16,21H,1-3H3/t21-/m0/s1. The lowest BCUT2D eigenvalue weighted by molar-refractivity contribution is 0.0991. The summed E-state index contributed by atoms with van der Waals surface area (Å²) in [6.45, 7) is 0. The second kappa shape index (κ2) is 8.22. The molecule has 0 aliphatic carbocycles. The molecule has 0 saturated carbocycles. The quantitative estimate of drug-likeness (QED) is 0.608. The average Bonchev–Trinajstić information content (AvgIpc) is 3.09. The molecule has 1 heterocycles. The Morgan fingerprint density at radius 3 is 2.20 bits per heavy atom. The molecule has 150 valence electrons. The van der Waals surface area contributed by atoms with Crippen LogP contribution in [0.5, 0.6) is 17.2 Å². The maximum absolute atomic E-state index is 13.5. The zero-order valence-corrected chi connectivity index (χ0v) is 17.0. The molecule has 3 aromatic rings. The van der Waals surface area contributed by atoms with E-state index in [0.717, 1.165) is 16.8 Å². The van der Waals surface area contributed by atoms with E-state index >= 15 is 0 Å². The lowest BCUT2D eigenvalue weighted by Gasteiger charge is -2.21. The smallest absolute Gasteiger partial charge is 0.263 e. The van der Waals surface area contributed by atoms with Crippen molar-refractivity contribution in [3.63, 3.8) is 0 Å². The van der Waals surface area contributed by atoms with Crippen molar-refractivity contribution >= 4 is 11.6 Å². The maximum atomic E-state index is 13.5. The molecular weight excluding hydrogens is 378 g/mol. The van der Waals surface area contributed by atoms with Crippen molar-refractivity contribution in [2.24, 2.45) is 0 Å². The summed E-state index contributed by atoms with van der Waals surface area (Å²) in [5, 5.41) is 0. The minimum atomic E-state index is -0.457. The van der Waals surface area contributed by atoms with Gasteiger partial charge in [0.25, 0.3) is 5.91 Å². The van der Waals surface area contributed by atoms with E-state index in [0.29, 0.717) is 22.8 Å². The SMILES string of the molecule is COc1ccc(N2C(=O)c3c(ccc(OC)c3OC)[C@@H]2C#Cc2ccccc2)cc1. The molecular formula is C25H21NO4. The maximum Gasteiger partial charge on any atom is 0.263 e. The van der Waals surface area contributed by atoms with Gasteiger partial charge in [0.2, 0.25) is 0 Å². The molecule has 0 bridgehead atoms. The van der Waals surface area contributed by atoms with Crippen LogP contribution in [-0.2, 0) is 0 Å². The monoisotopic (exact) mass is 399 g/mol. The molecule has 1 atom stereocenters. The molecule has 5 heteroatoms. The van der Waals surface area contributed by atoms with Crippen LogP contribution in [0, 0.1) is 11.8 Å². The van der Waals surface area contributed by atoms with Gasteiger partial charge in [-0.25, -0.2) is 0 Å².